The Hall–Kier alpha value is -1.53. The van der Waals surface area contributed by atoms with Crippen LogP contribution in [-0.2, 0) is 14.0 Å². The Bertz CT molecular complexity index is 695. The van der Waals surface area contributed by atoms with Crippen LogP contribution >= 0.6 is 0 Å². The number of hydrogen-bond donors (Lipinski definition) is 1. The van der Waals surface area contributed by atoms with Gasteiger partial charge >= 0.3 is 13.2 Å². The van der Waals surface area contributed by atoms with Crippen molar-refractivity contribution in [2.45, 2.75) is 104 Å². The maximum Gasteiger partial charge on any atom is 0.495 e. The minimum absolute atomic E-state index is 0.327. The summed E-state index contributed by atoms with van der Waals surface area (Å²) in [6.45, 7) is 16.9. The lowest BCUT2D eigenvalue weighted by molar-refractivity contribution is 0.00578. The lowest BCUT2D eigenvalue weighted by Crippen LogP contribution is -2.41. The van der Waals surface area contributed by atoms with Crippen molar-refractivity contribution in [2.24, 2.45) is 0 Å². The van der Waals surface area contributed by atoms with E-state index in [-0.39, 0.29) is 24.4 Å². The molecule has 1 unspecified atom stereocenters. The third-order valence-corrected chi connectivity index (χ3v) is 6.02. The Morgan fingerprint density at radius 1 is 1.07 bits per heavy atom. The Morgan fingerprint density at radius 2 is 1.67 bits per heavy atom. The molecular formula is C24H40BNO4. The molecule has 0 bridgehead atoms. The highest BCUT2D eigenvalue weighted by atomic mass is 16.7. The molecule has 168 valence electrons. The van der Waals surface area contributed by atoms with E-state index in [1.54, 1.807) is 0 Å². The average molecular weight is 417 g/mol. The van der Waals surface area contributed by atoms with E-state index >= 15 is 0 Å². The van der Waals surface area contributed by atoms with E-state index in [4.69, 9.17) is 14.0 Å². The standard InChI is InChI=1S/C24H40BNO4/c1-18(14-10-9-13-17-26-21(27)28-22(2,3)4)19-15-11-12-16-20(19)25-29-23(5,6)24(7,8)30-25/h11-12,15-16,18H,9-10,13-14,17H2,1-8H3,(H,26,27). The lowest BCUT2D eigenvalue weighted by Gasteiger charge is -2.32. The molecule has 0 spiro atoms. The lowest BCUT2D eigenvalue weighted by atomic mass is 9.72. The SMILES string of the molecule is CC(CCCCCNC(=O)OC(C)(C)C)c1ccccc1B1OC(C)(C)C(C)(C)O1. The van der Waals surface area contributed by atoms with E-state index in [0.29, 0.717) is 12.5 Å². The first-order chi connectivity index (χ1) is 13.8. The van der Waals surface area contributed by atoms with Gasteiger partial charge in [-0.15, -0.1) is 0 Å². The van der Waals surface area contributed by atoms with Crippen LogP contribution in [0.4, 0.5) is 4.79 Å². The van der Waals surface area contributed by atoms with Crippen molar-refractivity contribution in [1.29, 1.82) is 0 Å². The van der Waals surface area contributed by atoms with Crippen LogP contribution in [0.5, 0.6) is 0 Å². The summed E-state index contributed by atoms with van der Waals surface area (Å²) in [5.41, 5.74) is 1.30. The largest absolute Gasteiger partial charge is 0.495 e. The zero-order valence-corrected chi connectivity index (χ0v) is 20.1. The Labute approximate surface area is 183 Å². The van der Waals surface area contributed by atoms with Gasteiger partial charge in [0, 0.05) is 6.54 Å². The maximum absolute atomic E-state index is 11.7. The van der Waals surface area contributed by atoms with Gasteiger partial charge in [-0.1, -0.05) is 44.0 Å². The number of nitrogens with one attached hydrogen (secondary N) is 1. The van der Waals surface area contributed by atoms with Crippen molar-refractivity contribution in [3.05, 3.63) is 29.8 Å². The van der Waals surface area contributed by atoms with Gasteiger partial charge in [-0.25, -0.2) is 4.79 Å². The molecule has 0 radical (unpaired) electrons. The number of unbranched alkanes of at least 4 members (excludes halogenated alkanes) is 2. The number of rotatable bonds is 8. The van der Waals surface area contributed by atoms with Gasteiger partial charge in [0.05, 0.1) is 11.2 Å². The molecule has 1 atom stereocenters. The van der Waals surface area contributed by atoms with Gasteiger partial charge in [-0.3, -0.25) is 0 Å². The summed E-state index contributed by atoms with van der Waals surface area (Å²) in [5.74, 6) is 0.416. The van der Waals surface area contributed by atoms with Crippen molar-refractivity contribution in [2.75, 3.05) is 6.54 Å². The highest BCUT2D eigenvalue weighted by Gasteiger charge is 2.52. The number of hydrogen-bond acceptors (Lipinski definition) is 4. The average Bonchev–Trinajstić information content (AvgIpc) is 2.83. The minimum Gasteiger partial charge on any atom is -0.444 e. The van der Waals surface area contributed by atoms with Crippen LogP contribution in [0.15, 0.2) is 24.3 Å². The van der Waals surface area contributed by atoms with Gasteiger partial charge in [0.15, 0.2) is 0 Å². The fourth-order valence-electron chi connectivity index (χ4n) is 3.56. The quantitative estimate of drug-likeness (QED) is 0.468. The monoisotopic (exact) mass is 417 g/mol. The van der Waals surface area contributed by atoms with Gasteiger partial charge in [0.1, 0.15) is 5.60 Å². The van der Waals surface area contributed by atoms with Gasteiger partial charge in [-0.05, 0) is 78.3 Å². The molecule has 1 aromatic carbocycles. The first-order valence-corrected chi connectivity index (χ1v) is 11.2. The molecule has 5 nitrogen and oxygen atoms in total. The predicted octanol–water partition coefficient (Wildman–Crippen LogP) is 5.17. The normalized spacial score (nSPS) is 18.9. The van der Waals surface area contributed by atoms with Crippen LogP contribution in [-0.4, -0.2) is 36.6 Å². The zero-order chi connectivity index (χ0) is 22.6. The first-order valence-electron chi connectivity index (χ1n) is 11.2. The van der Waals surface area contributed by atoms with E-state index in [1.807, 2.05) is 20.8 Å². The van der Waals surface area contributed by atoms with Crippen LogP contribution in [0.2, 0.25) is 0 Å². The van der Waals surface area contributed by atoms with E-state index < -0.39 is 5.60 Å². The fraction of sp³-hybridized carbons (Fsp3) is 0.708. The van der Waals surface area contributed by atoms with E-state index in [1.165, 1.54) is 5.56 Å². The molecule has 0 aliphatic carbocycles. The third kappa shape index (κ3) is 6.74. The van der Waals surface area contributed by atoms with Crippen LogP contribution < -0.4 is 10.8 Å². The molecule has 1 fully saturated rings. The van der Waals surface area contributed by atoms with Gasteiger partial charge < -0.3 is 19.4 Å². The predicted molar refractivity (Wildman–Crippen MR) is 123 cm³/mol. The molecule has 1 amide bonds. The summed E-state index contributed by atoms with van der Waals surface area (Å²) in [7, 11) is -0.327. The first kappa shape index (κ1) is 24.7. The fourth-order valence-corrected chi connectivity index (χ4v) is 3.56. The molecule has 1 aliphatic heterocycles. The van der Waals surface area contributed by atoms with Gasteiger partial charge in [-0.2, -0.15) is 0 Å². The van der Waals surface area contributed by atoms with Crippen molar-refractivity contribution in [1.82, 2.24) is 5.32 Å². The molecular weight excluding hydrogens is 377 g/mol. The van der Waals surface area contributed by atoms with Crippen LogP contribution in [0, 0.1) is 0 Å². The smallest absolute Gasteiger partial charge is 0.444 e. The van der Waals surface area contributed by atoms with Crippen LogP contribution in [0.1, 0.15) is 92.6 Å². The summed E-state index contributed by atoms with van der Waals surface area (Å²) in [5, 5.41) is 2.83. The minimum atomic E-state index is -0.454. The maximum atomic E-state index is 11.7. The van der Waals surface area contributed by atoms with Crippen molar-refractivity contribution >= 4 is 18.7 Å². The number of benzene rings is 1. The summed E-state index contributed by atoms with van der Waals surface area (Å²) >= 11 is 0. The molecule has 0 saturated carbocycles. The highest BCUT2D eigenvalue weighted by molar-refractivity contribution is 6.62. The molecule has 1 aliphatic rings. The molecule has 1 aromatic rings. The molecule has 1 saturated heterocycles. The zero-order valence-electron chi connectivity index (χ0n) is 20.1. The second-order valence-electron chi connectivity index (χ2n) is 10.4. The van der Waals surface area contributed by atoms with Gasteiger partial charge in [0.2, 0.25) is 0 Å². The Morgan fingerprint density at radius 3 is 2.27 bits per heavy atom. The van der Waals surface area contributed by atoms with Crippen molar-refractivity contribution in [3.8, 4) is 0 Å². The molecule has 0 aromatic heterocycles. The molecule has 1 heterocycles. The molecule has 30 heavy (non-hydrogen) atoms. The Kier molecular flexibility index (Phi) is 8.03. The summed E-state index contributed by atoms with van der Waals surface area (Å²) in [6, 6.07) is 8.46. The van der Waals surface area contributed by atoms with E-state index in [2.05, 4.69) is 64.2 Å². The second-order valence-corrected chi connectivity index (χ2v) is 10.4. The van der Waals surface area contributed by atoms with Crippen molar-refractivity contribution < 1.29 is 18.8 Å². The number of ether oxygens (including phenoxy) is 1. The van der Waals surface area contributed by atoms with E-state index in [0.717, 1.165) is 31.1 Å². The Balaban J connectivity index is 1.82. The van der Waals surface area contributed by atoms with Crippen LogP contribution in [0.25, 0.3) is 0 Å². The number of amides is 1. The van der Waals surface area contributed by atoms with Crippen molar-refractivity contribution in [3.63, 3.8) is 0 Å². The molecule has 2 rings (SSSR count). The van der Waals surface area contributed by atoms with Crippen LogP contribution in [0.3, 0.4) is 0 Å². The van der Waals surface area contributed by atoms with E-state index in [9.17, 15) is 4.79 Å². The number of alkyl carbamates (subject to hydrolysis) is 1. The number of carbonyl (C=O) groups is 1. The van der Waals surface area contributed by atoms with Gasteiger partial charge in [0.25, 0.3) is 0 Å². The molecule has 1 N–H and O–H groups in total. The number of carbonyl (C=O) groups excluding carboxylic acids is 1. The molecule has 6 heteroatoms. The topological polar surface area (TPSA) is 56.8 Å². The second kappa shape index (κ2) is 9.74. The third-order valence-electron chi connectivity index (χ3n) is 6.02. The summed E-state index contributed by atoms with van der Waals surface area (Å²) < 4.78 is 17.8. The summed E-state index contributed by atoms with van der Waals surface area (Å²) in [4.78, 5) is 11.7. The highest BCUT2D eigenvalue weighted by Crippen LogP contribution is 2.37. The summed E-state index contributed by atoms with van der Waals surface area (Å²) in [6.07, 6.45) is 3.87.